The van der Waals surface area contributed by atoms with Gasteiger partial charge in [-0.25, -0.2) is 0 Å². The highest BCUT2D eigenvalue weighted by molar-refractivity contribution is 7.78. The summed E-state index contributed by atoms with van der Waals surface area (Å²) in [6.07, 6.45) is 7.29. The first-order valence-electron chi connectivity index (χ1n) is 11.3. The van der Waals surface area contributed by atoms with Crippen LogP contribution in [0.25, 0.3) is 0 Å². The molecule has 0 radical (unpaired) electrons. The van der Waals surface area contributed by atoms with Crippen LogP contribution in [0, 0.1) is 23.2 Å². The Bertz CT molecular complexity index is 806. The van der Waals surface area contributed by atoms with Crippen molar-refractivity contribution in [2.24, 2.45) is 23.2 Å². The summed E-state index contributed by atoms with van der Waals surface area (Å²) >= 11 is 0. The molecule has 2 fully saturated rings. The first-order chi connectivity index (χ1) is 13.9. The zero-order chi connectivity index (χ0) is 20.5. The second kappa shape index (κ2) is 8.40. The van der Waals surface area contributed by atoms with E-state index in [-0.39, 0.29) is 11.5 Å². The molecule has 2 saturated carbocycles. The van der Waals surface area contributed by atoms with Crippen molar-refractivity contribution in [3.05, 3.63) is 60.7 Å². The minimum Gasteiger partial charge on any atom is -0.393 e. The van der Waals surface area contributed by atoms with Crippen molar-refractivity contribution < 1.29 is 9.67 Å². The van der Waals surface area contributed by atoms with Crippen LogP contribution in [-0.2, 0) is 4.57 Å². The Hall–Kier alpha value is -1.37. The van der Waals surface area contributed by atoms with Gasteiger partial charge in [-0.15, -0.1) is 0 Å². The lowest BCUT2D eigenvalue weighted by atomic mass is 9.61. The van der Waals surface area contributed by atoms with E-state index in [0.717, 1.165) is 42.5 Å². The minimum absolute atomic E-state index is 0.120. The van der Waals surface area contributed by atoms with Crippen molar-refractivity contribution in [2.45, 2.75) is 58.5 Å². The van der Waals surface area contributed by atoms with Crippen LogP contribution in [0.3, 0.4) is 0 Å². The second-order valence-electron chi connectivity index (χ2n) is 9.66. The Kier molecular flexibility index (Phi) is 6.05. The third-order valence-electron chi connectivity index (χ3n) is 8.10. The molecule has 2 nitrogen and oxygen atoms in total. The number of rotatable bonds is 6. The van der Waals surface area contributed by atoms with Gasteiger partial charge in [0.2, 0.25) is 0 Å². The summed E-state index contributed by atoms with van der Waals surface area (Å²) < 4.78 is 14.3. The average Bonchev–Trinajstić information content (AvgIpc) is 3.11. The molecule has 0 aliphatic heterocycles. The number of benzene rings is 2. The fraction of sp³-hybridized carbons (Fsp3) is 0.538. The van der Waals surface area contributed by atoms with E-state index in [0.29, 0.717) is 17.8 Å². The predicted molar refractivity (Wildman–Crippen MR) is 123 cm³/mol. The smallest absolute Gasteiger partial charge is 0.143 e. The number of aliphatic hydroxyl groups excluding tert-OH is 1. The maximum absolute atomic E-state index is 14.3. The van der Waals surface area contributed by atoms with E-state index in [2.05, 4.69) is 13.8 Å². The summed E-state index contributed by atoms with van der Waals surface area (Å²) in [4.78, 5) is 0. The van der Waals surface area contributed by atoms with Gasteiger partial charge in [-0.3, -0.25) is 0 Å². The Labute approximate surface area is 176 Å². The molecule has 29 heavy (non-hydrogen) atoms. The van der Waals surface area contributed by atoms with Crippen molar-refractivity contribution in [1.82, 2.24) is 0 Å². The van der Waals surface area contributed by atoms with E-state index in [4.69, 9.17) is 0 Å². The van der Waals surface area contributed by atoms with E-state index < -0.39 is 7.14 Å². The summed E-state index contributed by atoms with van der Waals surface area (Å²) in [5.74, 6) is 1.61. The van der Waals surface area contributed by atoms with Crippen molar-refractivity contribution in [1.29, 1.82) is 0 Å². The standard InChI is InChI=1S/C26H35O2P/c1-20(23-15-16-24-25(27)14-9-18-26(23,24)2)17-19-29(28,21-10-5-3-6-11-21)22-12-7-4-8-13-22/h3-8,10-13,20,23-25,27H,9,14-19H2,1-2H3. The van der Waals surface area contributed by atoms with E-state index >= 15 is 0 Å². The lowest BCUT2D eigenvalue weighted by Crippen LogP contribution is -2.41. The van der Waals surface area contributed by atoms with Crippen molar-refractivity contribution in [3.8, 4) is 0 Å². The molecule has 1 N–H and O–H groups in total. The van der Waals surface area contributed by atoms with Crippen LogP contribution < -0.4 is 10.6 Å². The number of aliphatic hydroxyl groups is 1. The van der Waals surface area contributed by atoms with Gasteiger partial charge >= 0.3 is 0 Å². The fourth-order valence-corrected chi connectivity index (χ4v) is 9.35. The quantitative estimate of drug-likeness (QED) is 0.629. The molecule has 2 aliphatic carbocycles. The highest BCUT2D eigenvalue weighted by Gasteiger charge is 2.52. The average molecular weight is 411 g/mol. The zero-order valence-corrected chi connectivity index (χ0v) is 18.7. The Morgan fingerprint density at radius 1 is 1.00 bits per heavy atom. The molecular formula is C26H35O2P. The molecule has 2 aromatic carbocycles. The first-order valence-corrected chi connectivity index (χ1v) is 13.2. The van der Waals surface area contributed by atoms with E-state index in [1.807, 2.05) is 60.7 Å². The zero-order valence-electron chi connectivity index (χ0n) is 17.8. The fourth-order valence-electron chi connectivity index (χ4n) is 6.46. The third kappa shape index (κ3) is 3.87. The number of hydrogen-bond donors (Lipinski definition) is 1. The maximum Gasteiger partial charge on any atom is 0.143 e. The Balaban J connectivity index is 1.55. The first kappa shape index (κ1) is 20.9. The molecule has 2 aliphatic rings. The summed E-state index contributed by atoms with van der Waals surface area (Å²) in [6, 6.07) is 20.1. The molecule has 5 unspecified atom stereocenters. The Morgan fingerprint density at radius 2 is 1.59 bits per heavy atom. The molecule has 0 bridgehead atoms. The summed E-state index contributed by atoms with van der Waals surface area (Å²) in [5, 5.41) is 12.5. The van der Waals surface area contributed by atoms with Crippen LogP contribution in [0.2, 0.25) is 0 Å². The lowest BCUT2D eigenvalue weighted by molar-refractivity contribution is -0.0271. The van der Waals surface area contributed by atoms with Crippen molar-refractivity contribution in [3.63, 3.8) is 0 Å². The van der Waals surface area contributed by atoms with Crippen LogP contribution in [-0.4, -0.2) is 17.4 Å². The lowest BCUT2D eigenvalue weighted by Gasteiger charge is -2.45. The molecule has 0 heterocycles. The molecule has 2 aromatic rings. The largest absolute Gasteiger partial charge is 0.393 e. The second-order valence-corrected chi connectivity index (χ2v) is 12.6. The van der Waals surface area contributed by atoms with Gasteiger partial charge in [0.25, 0.3) is 0 Å². The van der Waals surface area contributed by atoms with Gasteiger partial charge in [-0.2, -0.15) is 0 Å². The van der Waals surface area contributed by atoms with Crippen LogP contribution in [0.4, 0.5) is 0 Å². The van der Waals surface area contributed by atoms with Gasteiger partial charge in [0.05, 0.1) is 6.10 Å². The van der Waals surface area contributed by atoms with Gasteiger partial charge in [0.15, 0.2) is 0 Å². The number of fused-ring (bicyclic) bond motifs is 1. The van der Waals surface area contributed by atoms with Crippen LogP contribution in [0.5, 0.6) is 0 Å². The molecule has 156 valence electrons. The van der Waals surface area contributed by atoms with Crippen molar-refractivity contribution >= 4 is 17.8 Å². The van der Waals surface area contributed by atoms with Gasteiger partial charge < -0.3 is 9.67 Å². The maximum atomic E-state index is 14.3. The predicted octanol–water partition coefficient (Wildman–Crippen LogP) is 5.60. The van der Waals surface area contributed by atoms with Crippen LogP contribution >= 0.6 is 7.14 Å². The highest BCUT2D eigenvalue weighted by Crippen LogP contribution is 2.58. The van der Waals surface area contributed by atoms with E-state index in [9.17, 15) is 9.67 Å². The minimum atomic E-state index is -2.64. The van der Waals surface area contributed by atoms with Gasteiger partial charge in [0, 0.05) is 16.8 Å². The third-order valence-corrected chi connectivity index (χ3v) is 11.2. The van der Waals surface area contributed by atoms with E-state index in [1.165, 1.54) is 12.8 Å². The number of hydrogen-bond acceptors (Lipinski definition) is 2. The van der Waals surface area contributed by atoms with E-state index in [1.54, 1.807) is 0 Å². The Morgan fingerprint density at radius 3 is 2.17 bits per heavy atom. The van der Waals surface area contributed by atoms with Gasteiger partial charge in [-0.1, -0.05) is 80.9 Å². The molecule has 5 atom stereocenters. The summed E-state index contributed by atoms with van der Waals surface area (Å²) in [6.45, 7) is 4.78. The highest BCUT2D eigenvalue weighted by atomic mass is 31.2. The topological polar surface area (TPSA) is 37.3 Å². The molecule has 3 heteroatoms. The van der Waals surface area contributed by atoms with Crippen LogP contribution in [0.15, 0.2) is 60.7 Å². The molecule has 4 rings (SSSR count). The molecule has 0 aromatic heterocycles. The molecule has 0 spiro atoms. The van der Waals surface area contributed by atoms with Crippen LogP contribution in [0.1, 0.15) is 52.4 Å². The molecule has 0 saturated heterocycles. The van der Waals surface area contributed by atoms with Gasteiger partial charge in [0.1, 0.15) is 7.14 Å². The monoisotopic (exact) mass is 410 g/mol. The molecule has 0 amide bonds. The summed E-state index contributed by atoms with van der Waals surface area (Å²) in [5.41, 5.74) is 0.251. The summed E-state index contributed by atoms with van der Waals surface area (Å²) in [7, 11) is -2.64. The van der Waals surface area contributed by atoms with Gasteiger partial charge in [-0.05, 0) is 55.3 Å². The van der Waals surface area contributed by atoms with Crippen molar-refractivity contribution in [2.75, 3.05) is 6.16 Å². The SMILES string of the molecule is CC(CCP(=O)(c1ccccc1)c1ccccc1)C1CCC2C(O)CCCC12C. The normalized spacial score (nSPS) is 30.7. The molecular weight excluding hydrogens is 375 g/mol.